The van der Waals surface area contributed by atoms with Gasteiger partial charge < -0.3 is 5.32 Å². The monoisotopic (exact) mass is 395 g/mol. The van der Waals surface area contributed by atoms with Crippen LogP contribution in [0.1, 0.15) is 37.5 Å². The maximum absolute atomic E-state index is 13.1. The number of carbonyl (C=O) groups is 1. The Morgan fingerprint density at radius 2 is 1.56 bits per heavy atom. The Bertz CT molecular complexity index is 759. The van der Waals surface area contributed by atoms with Crippen LogP contribution in [0.25, 0.3) is 0 Å². The van der Waals surface area contributed by atoms with E-state index in [0.29, 0.717) is 43.5 Å². The van der Waals surface area contributed by atoms with E-state index in [1.807, 2.05) is 44.7 Å². The highest BCUT2D eigenvalue weighted by Gasteiger charge is 2.31. The molecule has 1 aromatic carbocycles. The zero-order chi connectivity index (χ0) is 20.4. The minimum absolute atomic E-state index is 0.00210. The molecule has 0 aliphatic carbocycles. The topological polar surface area (TPSA) is 69.7 Å². The van der Waals surface area contributed by atoms with Crippen LogP contribution < -0.4 is 5.32 Å². The van der Waals surface area contributed by atoms with E-state index in [-0.39, 0.29) is 11.9 Å². The third kappa shape index (κ3) is 5.30. The molecule has 0 aromatic heterocycles. The second kappa shape index (κ2) is 8.71. The molecule has 1 aliphatic heterocycles. The summed E-state index contributed by atoms with van der Waals surface area (Å²) in [6.07, 6.45) is 0. The zero-order valence-corrected chi connectivity index (χ0v) is 18.2. The van der Waals surface area contributed by atoms with Crippen LogP contribution in [-0.4, -0.2) is 62.3 Å². The highest BCUT2D eigenvalue weighted by Crippen LogP contribution is 2.26. The molecule has 1 aliphatic rings. The van der Waals surface area contributed by atoms with Gasteiger partial charge in [0.2, 0.25) is 15.9 Å². The van der Waals surface area contributed by atoms with E-state index < -0.39 is 10.0 Å². The number of aryl methyl sites for hydroxylation is 3. The summed E-state index contributed by atoms with van der Waals surface area (Å²) in [7, 11) is -3.52. The van der Waals surface area contributed by atoms with E-state index in [1.165, 1.54) is 0 Å². The van der Waals surface area contributed by atoms with Gasteiger partial charge in [0.25, 0.3) is 0 Å². The van der Waals surface area contributed by atoms with Crippen LogP contribution in [-0.2, 0) is 14.8 Å². The van der Waals surface area contributed by atoms with Gasteiger partial charge in [0.15, 0.2) is 0 Å². The highest BCUT2D eigenvalue weighted by molar-refractivity contribution is 7.89. The summed E-state index contributed by atoms with van der Waals surface area (Å²) < 4.78 is 27.8. The predicted molar refractivity (Wildman–Crippen MR) is 108 cm³/mol. The van der Waals surface area contributed by atoms with Gasteiger partial charge in [-0.15, -0.1) is 0 Å². The summed E-state index contributed by atoms with van der Waals surface area (Å²) in [5, 5.41) is 3.00. The van der Waals surface area contributed by atoms with Crippen LogP contribution in [0.5, 0.6) is 0 Å². The number of nitrogens with zero attached hydrogens (tertiary/aromatic N) is 2. The van der Waals surface area contributed by atoms with Gasteiger partial charge in [0, 0.05) is 32.2 Å². The molecule has 1 aromatic rings. The van der Waals surface area contributed by atoms with E-state index >= 15 is 0 Å². The van der Waals surface area contributed by atoms with Gasteiger partial charge in [-0.25, -0.2) is 8.42 Å². The summed E-state index contributed by atoms with van der Waals surface area (Å²) in [6.45, 7) is 14.1. The normalized spacial score (nSPS) is 17.9. The number of benzene rings is 1. The van der Waals surface area contributed by atoms with E-state index in [0.717, 1.165) is 16.7 Å². The van der Waals surface area contributed by atoms with Crippen molar-refractivity contribution < 1.29 is 13.2 Å². The zero-order valence-electron chi connectivity index (χ0n) is 17.4. The summed E-state index contributed by atoms with van der Waals surface area (Å²) in [6, 6.07) is 3.96. The molecule has 1 amide bonds. The molecule has 152 valence electrons. The molecular weight excluding hydrogens is 362 g/mol. The lowest BCUT2D eigenvalue weighted by Crippen LogP contribution is -2.52. The highest BCUT2D eigenvalue weighted by atomic mass is 32.2. The lowest BCUT2D eigenvalue weighted by atomic mass is 10.1. The van der Waals surface area contributed by atoms with Crippen LogP contribution in [0.4, 0.5) is 0 Å². The fourth-order valence-corrected chi connectivity index (χ4v) is 5.33. The van der Waals surface area contributed by atoms with Crippen molar-refractivity contribution in [2.24, 2.45) is 5.92 Å². The Morgan fingerprint density at radius 1 is 1.04 bits per heavy atom. The van der Waals surface area contributed by atoms with Crippen LogP contribution >= 0.6 is 0 Å². The molecule has 1 N–H and O–H groups in total. The average molecular weight is 396 g/mol. The first-order chi connectivity index (χ1) is 12.5. The predicted octanol–water partition coefficient (Wildman–Crippen LogP) is 2.08. The quantitative estimate of drug-likeness (QED) is 0.801. The Kier molecular flexibility index (Phi) is 7.05. The van der Waals surface area contributed by atoms with Gasteiger partial charge in [-0.2, -0.15) is 4.31 Å². The minimum Gasteiger partial charge on any atom is -0.352 e. The Labute approximate surface area is 164 Å². The van der Waals surface area contributed by atoms with Crippen molar-refractivity contribution in [2.45, 2.75) is 52.5 Å². The van der Waals surface area contributed by atoms with Crippen molar-refractivity contribution in [2.75, 3.05) is 32.7 Å². The molecule has 1 atom stereocenters. The number of hydrogen-bond acceptors (Lipinski definition) is 4. The number of piperazine rings is 1. The number of carbonyl (C=O) groups excluding carboxylic acids is 1. The molecule has 27 heavy (non-hydrogen) atoms. The SMILES string of the molecule is Cc1cc(C)c(S(=O)(=O)N2CCN(CC(=O)N[C@@H](C)C(C)C)CC2)c(C)c1. The summed E-state index contributed by atoms with van der Waals surface area (Å²) >= 11 is 0. The summed E-state index contributed by atoms with van der Waals surface area (Å²) in [5.74, 6) is 0.384. The van der Waals surface area contributed by atoms with Crippen LogP contribution in [0.2, 0.25) is 0 Å². The molecule has 7 heteroatoms. The van der Waals surface area contributed by atoms with Crippen LogP contribution in [0.15, 0.2) is 17.0 Å². The van der Waals surface area contributed by atoms with Crippen molar-refractivity contribution in [3.63, 3.8) is 0 Å². The summed E-state index contributed by atoms with van der Waals surface area (Å²) in [5.41, 5.74) is 2.64. The van der Waals surface area contributed by atoms with Gasteiger partial charge in [0.1, 0.15) is 0 Å². The molecule has 0 bridgehead atoms. The van der Waals surface area contributed by atoms with E-state index in [2.05, 4.69) is 19.2 Å². The molecule has 2 rings (SSSR count). The van der Waals surface area contributed by atoms with Crippen molar-refractivity contribution >= 4 is 15.9 Å². The van der Waals surface area contributed by atoms with E-state index in [4.69, 9.17) is 0 Å². The van der Waals surface area contributed by atoms with Crippen molar-refractivity contribution in [3.8, 4) is 0 Å². The van der Waals surface area contributed by atoms with Gasteiger partial charge >= 0.3 is 0 Å². The lowest BCUT2D eigenvalue weighted by Gasteiger charge is -2.34. The lowest BCUT2D eigenvalue weighted by molar-refractivity contribution is -0.123. The number of hydrogen-bond donors (Lipinski definition) is 1. The first kappa shape index (κ1) is 21.9. The van der Waals surface area contributed by atoms with Gasteiger partial charge in [0.05, 0.1) is 11.4 Å². The van der Waals surface area contributed by atoms with Crippen LogP contribution in [0, 0.1) is 26.7 Å². The van der Waals surface area contributed by atoms with Crippen LogP contribution in [0.3, 0.4) is 0 Å². The molecule has 1 heterocycles. The first-order valence-electron chi connectivity index (χ1n) is 9.62. The van der Waals surface area contributed by atoms with Crippen molar-refractivity contribution in [1.82, 2.24) is 14.5 Å². The second-order valence-corrected chi connectivity index (χ2v) is 9.88. The number of sulfonamides is 1. The maximum Gasteiger partial charge on any atom is 0.243 e. The summed E-state index contributed by atoms with van der Waals surface area (Å²) in [4.78, 5) is 14.6. The third-order valence-electron chi connectivity index (χ3n) is 5.29. The molecule has 6 nitrogen and oxygen atoms in total. The van der Waals surface area contributed by atoms with Gasteiger partial charge in [-0.1, -0.05) is 31.5 Å². The van der Waals surface area contributed by atoms with Crippen molar-refractivity contribution in [3.05, 3.63) is 28.8 Å². The number of nitrogens with one attached hydrogen (secondary N) is 1. The largest absolute Gasteiger partial charge is 0.352 e. The molecular formula is C20H33N3O3S. The molecule has 0 spiro atoms. The maximum atomic E-state index is 13.1. The van der Waals surface area contributed by atoms with E-state index in [1.54, 1.807) is 4.31 Å². The first-order valence-corrected chi connectivity index (χ1v) is 11.1. The average Bonchev–Trinajstić information content (AvgIpc) is 2.53. The molecule has 0 saturated carbocycles. The number of amides is 1. The molecule has 0 radical (unpaired) electrons. The smallest absolute Gasteiger partial charge is 0.243 e. The van der Waals surface area contributed by atoms with Gasteiger partial charge in [-0.05, 0) is 44.7 Å². The third-order valence-corrected chi connectivity index (χ3v) is 7.49. The standard InChI is InChI=1S/C20H33N3O3S/c1-14(2)18(6)21-19(24)13-22-7-9-23(10-8-22)27(25,26)20-16(4)11-15(3)12-17(20)5/h11-12,14,18H,7-10,13H2,1-6H3,(H,21,24)/t18-/m0/s1. The second-order valence-electron chi connectivity index (χ2n) is 8.01. The minimum atomic E-state index is -3.52. The molecule has 1 fully saturated rings. The van der Waals surface area contributed by atoms with Crippen molar-refractivity contribution in [1.29, 1.82) is 0 Å². The Balaban J connectivity index is 2.00. The van der Waals surface area contributed by atoms with Gasteiger partial charge in [-0.3, -0.25) is 9.69 Å². The fourth-order valence-electron chi connectivity index (χ4n) is 3.50. The molecule has 1 saturated heterocycles. The Morgan fingerprint density at radius 3 is 2.04 bits per heavy atom. The Hall–Kier alpha value is -1.44. The van der Waals surface area contributed by atoms with E-state index in [9.17, 15) is 13.2 Å². The fraction of sp³-hybridized carbons (Fsp3) is 0.650. The number of rotatable bonds is 6. The molecule has 0 unspecified atom stereocenters.